The van der Waals surface area contributed by atoms with E-state index in [9.17, 15) is 9.59 Å². The fourth-order valence-electron chi connectivity index (χ4n) is 9.05. The second-order valence-electron chi connectivity index (χ2n) is 17.0. The molecule has 6 aromatic carbocycles. The molecule has 2 aliphatic rings. The quantitative estimate of drug-likeness (QED) is 0.0505. The molecule has 2 fully saturated rings. The first-order valence-corrected chi connectivity index (χ1v) is 23.4. The number of methoxy groups -OCH3 is 1. The molecule has 2 heterocycles. The van der Waals surface area contributed by atoms with Gasteiger partial charge in [0.1, 0.15) is 42.2 Å². The van der Waals surface area contributed by atoms with E-state index in [-0.39, 0.29) is 39.5 Å². The molecule has 2 saturated heterocycles. The molecule has 0 aromatic heterocycles. The van der Waals surface area contributed by atoms with E-state index in [0.29, 0.717) is 0 Å². The third-order valence-electron chi connectivity index (χ3n) is 12.2. The normalized spacial score (nSPS) is 23.7. The van der Waals surface area contributed by atoms with Crippen LogP contribution in [0.3, 0.4) is 0 Å². The Morgan fingerprint density at radius 1 is 0.478 bits per heavy atom. The number of carbonyl (C=O) groups is 2. The number of esters is 2. The van der Waals surface area contributed by atoms with E-state index in [1.165, 1.54) is 13.8 Å². The van der Waals surface area contributed by atoms with Gasteiger partial charge in [-0.25, -0.2) is 0 Å². The summed E-state index contributed by atoms with van der Waals surface area (Å²) in [5.74, 6) is -1.13. The van der Waals surface area contributed by atoms with Crippen molar-refractivity contribution in [2.75, 3.05) is 20.3 Å². The zero-order valence-electron chi connectivity index (χ0n) is 39.2. The average molecular weight is 937 g/mol. The van der Waals surface area contributed by atoms with E-state index in [0.717, 1.165) is 33.4 Å². The molecule has 69 heavy (non-hydrogen) atoms. The Morgan fingerprint density at radius 2 is 0.884 bits per heavy atom. The molecular weight excluding hydrogens is 877 g/mol. The lowest BCUT2D eigenvalue weighted by atomic mass is 9.80. The summed E-state index contributed by atoms with van der Waals surface area (Å²) >= 11 is 0. The van der Waals surface area contributed by atoms with Gasteiger partial charge in [0.05, 0.1) is 33.0 Å². The molecule has 0 N–H and O–H groups in total. The minimum Gasteiger partial charge on any atom is -0.458 e. The predicted molar refractivity (Wildman–Crippen MR) is 256 cm³/mol. The van der Waals surface area contributed by atoms with Crippen molar-refractivity contribution in [3.05, 3.63) is 215 Å². The summed E-state index contributed by atoms with van der Waals surface area (Å²) in [6.45, 7) is 3.21. The summed E-state index contributed by atoms with van der Waals surface area (Å²) in [5.41, 5.74) is 4.35. The standard InChI is InChI=1S/C57H60O12/c1-40(58)66-48-34-51(68-50(52(48)67-41(2)59)39-65-57(45-28-16-7-17-29-45,46-30-18-8-19-31-46)47-32-20-9-21-33-47)61-38-49-53(62-35-42-22-10-4-11-23-42)54(63-36-43-24-12-5-13-25-43)55(56(60-3)69-49)64-37-44-26-14-6-15-27-44/h4-33,48-56H,34-39H2,1-3H3/t48-,49+,50+,51+,52-,53+,54-,55+,56-/m0/s1. The topological polar surface area (TPSA) is 126 Å². The van der Waals surface area contributed by atoms with E-state index in [4.69, 9.17) is 47.4 Å². The third-order valence-corrected chi connectivity index (χ3v) is 12.2. The van der Waals surface area contributed by atoms with Crippen molar-refractivity contribution in [3.63, 3.8) is 0 Å². The van der Waals surface area contributed by atoms with Gasteiger partial charge in [-0.3, -0.25) is 9.59 Å². The molecule has 9 atom stereocenters. The summed E-state index contributed by atoms with van der Waals surface area (Å²) < 4.78 is 65.5. The molecule has 0 aliphatic carbocycles. The van der Waals surface area contributed by atoms with Crippen molar-refractivity contribution >= 4 is 11.9 Å². The van der Waals surface area contributed by atoms with Crippen molar-refractivity contribution in [3.8, 4) is 0 Å². The summed E-state index contributed by atoms with van der Waals surface area (Å²) in [7, 11) is 1.56. The lowest BCUT2D eigenvalue weighted by Crippen LogP contribution is -2.62. The molecule has 2 aliphatic heterocycles. The Morgan fingerprint density at radius 3 is 1.32 bits per heavy atom. The molecule has 8 rings (SSSR count). The van der Waals surface area contributed by atoms with Crippen LogP contribution in [0.1, 0.15) is 53.6 Å². The first-order chi connectivity index (χ1) is 33.8. The van der Waals surface area contributed by atoms with Gasteiger partial charge in [-0.2, -0.15) is 0 Å². The monoisotopic (exact) mass is 936 g/mol. The maximum atomic E-state index is 12.8. The first kappa shape index (κ1) is 49.4. The number of ether oxygens (including phenoxy) is 10. The van der Waals surface area contributed by atoms with Crippen LogP contribution in [0.15, 0.2) is 182 Å². The van der Waals surface area contributed by atoms with Gasteiger partial charge >= 0.3 is 11.9 Å². The van der Waals surface area contributed by atoms with Gasteiger partial charge < -0.3 is 47.4 Å². The van der Waals surface area contributed by atoms with E-state index in [1.54, 1.807) is 7.11 Å². The first-order valence-electron chi connectivity index (χ1n) is 23.4. The number of rotatable bonds is 21. The van der Waals surface area contributed by atoms with Crippen LogP contribution >= 0.6 is 0 Å². The average Bonchev–Trinajstić information content (AvgIpc) is 3.39. The van der Waals surface area contributed by atoms with E-state index >= 15 is 0 Å². The number of benzene rings is 6. The van der Waals surface area contributed by atoms with Crippen LogP contribution in [0.25, 0.3) is 0 Å². The highest BCUT2D eigenvalue weighted by atomic mass is 16.7. The minimum absolute atomic E-state index is 0.0297. The Labute approximate surface area is 404 Å². The van der Waals surface area contributed by atoms with E-state index in [1.807, 2.05) is 182 Å². The maximum absolute atomic E-state index is 12.8. The van der Waals surface area contributed by atoms with Gasteiger partial charge in [0.2, 0.25) is 0 Å². The Balaban J connectivity index is 1.10. The molecule has 6 aromatic rings. The minimum atomic E-state index is -1.14. The lowest BCUT2D eigenvalue weighted by molar-refractivity contribution is -0.333. The van der Waals surface area contributed by atoms with Gasteiger partial charge in [-0.15, -0.1) is 0 Å². The van der Waals surface area contributed by atoms with Gasteiger partial charge in [0, 0.05) is 27.4 Å². The van der Waals surface area contributed by atoms with E-state index in [2.05, 4.69) is 0 Å². The Hall–Kier alpha value is -6.06. The van der Waals surface area contributed by atoms with Crippen molar-refractivity contribution < 1.29 is 57.0 Å². The SMILES string of the molecule is CO[C@H]1O[C@H](CO[C@H]2C[C@H](OC(C)=O)[C@H](OC(C)=O)[C@@H](COC(c3ccccc3)(c3ccccc3)c3ccccc3)O2)[C@@H](OCc2ccccc2)[C@H](OCc2ccccc2)[C@H]1OCc1ccccc1. The Kier molecular flexibility index (Phi) is 17.5. The molecule has 0 spiro atoms. The second kappa shape index (κ2) is 24.5. The van der Waals surface area contributed by atoms with Crippen LogP contribution in [-0.4, -0.2) is 87.6 Å². The van der Waals surface area contributed by atoms with Crippen molar-refractivity contribution in [2.45, 2.75) is 101 Å². The van der Waals surface area contributed by atoms with Crippen molar-refractivity contribution in [1.29, 1.82) is 0 Å². The molecule has 0 amide bonds. The zero-order chi connectivity index (χ0) is 47.8. The Bertz CT molecular complexity index is 2350. The van der Waals surface area contributed by atoms with E-state index < -0.39 is 72.8 Å². The highest BCUT2D eigenvalue weighted by Gasteiger charge is 2.51. The molecule has 0 saturated carbocycles. The van der Waals surface area contributed by atoms with Gasteiger partial charge in [0.15, 0.2) is 18.7 Å². The summed E-state index contributed by atoms with van der Waals surface area (Å²) in [6.07, 6.45) is -7.80. The number of hydrogen-bond donors (Lipinski definition) is 0. The molecule has 0 bridgehead atoms. The molecule has 0 radical (unpaired) electrons. The smallest absolute Gasteiger partial charge is 0.303 e. The third kappa shape index (κ3) is 12.8. The van der Waals surface area contributed by atoms with Crippen LogP contribution in [0, 0.1) is 0 Å². The van der Waals surface area contributed by atoms with Crippen LogP contribution in [0.2, 0.25) is 0 Å². The van der Waals surface area contributed by atoms with Gasteiger partial charge in [-0.1, -0.05) is 182 Å². The van der Waals surface area contributed by atoms with Crippen LogP contribution in [0.5, 0.6) is 0 Å². The summed E-state index contributed by atoms with van der Waals surface area (Å²) in [4.78, 5) is 25.6. The van der Waals surface area contributed by atoms with Crippen molar-refractivity contribution in [2.24, 2.45) is 0 Å². The predicted octanol–water partition coefficient (Wildman–Crippen LogP) is 9.12. The van der Waals surface area contributed by atoms with Crippen LogP contribution in [0.4, 0.5) is 0 Å². The second-order valence-corrected chi connectivity index (χ2v) is 17.0. The molecule has 0 unspecified atom stereocenters. The van der Waals surface area contributed by atoms with Gasteiger partial charge in [-0.05, 0) is 33.4 Å². The molecular formula is C57H60O12. The maximum Gasteiger partial charge on any atom is 0.303 e. The van der Waals surface area contributed by atoms with Gasteiger partial charge in [0.25, 0.3) is 0 Å². The van der Waals surface area contributed by atoms with Crippen molar-refractivity contribution in [1.82, 2.24) is 0 Å². The molecule has 12 heteroatoms. The fraction of sp³-hybridized carbons (Fsp3) is 0.333. The van der Waals surface area contributed by atoms with Crippen LogP contribution < -0.4 is 0 Å². The highest BCUT2D eigenvalue weighted by molar-refractivity contribution is 5.67. The lowest BCUT2D eigenvalue weighted by Gasteiger charge is -2.46. The summed E-state index contributed by atoms with van der Waals surface area (Å²) in [6, 6.07) is 59.3. The molecule has 360 valence electrons. The largest absolute Gasteiger partial charge is 0.458 e. The molecule has 12 nitrogen and oxygen atoms in total. The zero-order valence-corrected chi connectivity index (χ0v) is 39.2. The fourth-order valence-corrected chi connectivity index (χ4v) is 9.05. The summed E-state index contributed by atoms with van der Waals surface area (Å²) in [5, 5.41) is 0. The highest BCUT2D eigenvalue weighted by Crippen LogP contribution is 2.42. The number of carbonyl (C=O) groups excluding carboxylic acids is 2. The number of hydrogen-bond acceptors (Lipinski definition) is 12. The van der Waals surface area contributed by atoms with Crippen LogP contribution in [-0.2, 0) is 82.4 Å².